The molecule has 37 heavy (non-hydrogen) atoms. The van der Waals surface area contributed by atoms with Crippen LogP contribution in [-0.2, 0) is 16.2 Å². The van der Waals surface area contributed by atoms with Gasteiger partial charge in [0.05, 0.1) is 21.7 Å². The van der Waals surface area contributed by atoms with E-state index in [-0.39, 0.29) is 11.3 Å². The van der Waals surface area contributed by atoms with Gasteiger partial charge in [-0.25, -0.2) is 0 Å². The highest BCUT2D eigenvalue weighted by atomic mass is 35.5. The van der Waals surface area contributed by atoms with Crippen LogP contribution in [0, 0.1) is 0 Å². The van der Waals surface area contributed by atoms with Crippen molar-refractivity contribution >= 4 is 40.7 Å². The number of ketones is 1. The summed E-state index contributed by atoms with van der Waals surface area (Å²) in [6.07, 6.45) is 0.658. The number of amides is 1. The molecule has 0 aromatic heterocycles. The van der Waals surface area contributed by atoms with E-state index < -0.39 is 17.7 Å². The molecule has 3 aromatic carbocycles. The maximum atomic E-state index is 13.2. The zero-order valence-corrected chi connectivity index (χ0v) is 22.2. The normalized spacial score (nSPS) is 17.0. The van der Waals surface area contributed by atoms with E-state index in [0.29, 0.717) is 46.5 Å². The molecular formula is C29H28Cl2N2O4. The van der Waals surface area contributed by atoms with Crippen molar-refractivity contribution in [2.75, 3.05) is 27.2 Å². The summed E-state index contributed by atoms with van der Waals surface area (Å²) < 4.78 is 5.83. The Morgan fingerprint density at radius 2 is 1.68 bits per heavy atom. The van der Waals surface area contributed by atoms with Gasteiger partial charge in [-0.05, 0) is 74.6 Å². The molecule has 1 saturated heterocycles. The average Bonchev–Trinajstić information content (AvgIpc) is 3.14. The lowest BCUT2D eigenvalue weighted by molar-refractivity contribution is -0.139. The molecule has 8 heteroatoms. The highest BCUT2D eigenvalue weighted by Crippen LogP contribution is 2.41. The first-order valence-corrected chi connectivity index (χ1v) is 12.7. The molecule has 4 rings (SSSR count). The summed E-state index contributed by atoms with van der Waals surface area (Å²) in [7, 11) is 3.88. The summed E-state index contributed by atoms with van der Waals surface area (Å²) in [5, 5.41) is 11.9. The smallest absolute Gasteiger partial charge is 0.295 e. The molecule has 1 N–H and O–H groups in total. The standard InChI is InChI=1S/C29H28Cl2N2O4/c1-32(2)15-6-16-33-26(21-11-14-23(30)24(31)17-21)25(28(35)29(33)36)27(34)20-9-12-22(13-10-20)37-18-19-7-4-3-5-8-19/h3-5,7-14,17,26,34H,6,15-16,18H2,1-2H3/b27-25+. The third kappa shape index (κ3) is 6.16. The lowest BCUT2D eigenvalue weighted by atomic mass is 9.95. The Morgan fingerprint density at radius 1 is 0.973 bits per heavy atom. The lowest BCUT2D eigenvalue weighted by Crippen LogP contribution is -2.32. The summed E-state index contributed by atoms with van der Waals surface area (Å²) >= 11 is 12.4. The first-order chi connectivity index (χ1) is 17.8. The number of carbonyl (C=O) groups excluding carboxylic acids is 2. The molecule has 1 fully saturated rings. The molecular weight excluding hydrogens is 511 g/mol. The van der Waals surface area contributed by atoms with Gasteiger partial charge in [0.25, 0.3) is 11.7 Å². The van der Waals surface area contributed by atoms with Gasteiger partial charge in [0.1, 0.15) is 18.1 Å². The third-order valence-electron chi connectivity index (χ3n) is 6.18. The molecule has 0 radical (unpaired) electrons. The molecule has 1 heterocycles. The number of halogens is 2. The Hall–Kier alpha value is -3.32. The Kier molecular flexibility index (Phi) is 8.54. The maximum Gasteiger partial charge on any atom is 0.295 e. The molecule has 3 aromatic rings. The summed E-state index contributed by atoms with van der Waals surface area (Å²) in [5.41, 5.74) is 2.06. The fraction of sp³-hybridized carbons (Fsp3) is 0.241. The van der Waals surface area contributed by atoms with E-state index in [2.05, 4.69) is 0 Å². The fourth-order valence-corrected chi connectivity index (χ4v) is 4.61. The van der Waals surface area contributed by atoms with Crippen LogP contribution in [0.25, 0.3) is 5.76 Å². The Labute approximate surface area is 226 Å². The number of Topliss-reactive ketones (excluding diaryl/α,β-unsaturated/α-hetero) is 1. The van der Waals surface area contributed by atoms with E-state index in [1.54, 1.807) is 42.5 Å². The largest absolute Gasteiger partial charge is 0.507 e. The molecule has 192 valence electrons. The van der Waals surface area contributed by atoms with Gasteiger partial charge in [-0.2, -0.15) is 0 Å². The van der Waals surface area contributed by atoms with Gasteiger partial charge >= 0.3 is 0 Å². The van der Waals surface area contributed by atoms with Crippen LogP contribution in [-0.4, -0.2) is 53.8 Å². The van der Waals surface area contributed by atoms with Crippen LogP contribution in [0.3, 0.4) is 0 Å². The second-order valence-corrected chi connectivity index (χ2v) is 9.94. The number of likely N-dealkylation sites (tertiary alicyclic amines) is 1. The second-order valence-electron chi connectivity index (χ2n) is 9.12. The highest BCUT2D eigenvalue weighted by Gasteiger charge is 2.45. The molecule has 0 aliphatic carbocycles. The predicted octanol–water partition coefficient (Wildman–Crippen LogP) is 5.95. The van der Waals surface area contributed by atoms with Crippen LogP contribution in [0.4, 0.5) is 0 Å². The van der Waals surface area contributed by atoms with Crippen LogP contribution in [0.2, 0.25) is 10.0 Å². The summed E-state index contributed by atoms with van der Waals surface area (Å²) in [6, 6.07) is 20.7. The Balaban J connectivity index is 1.66. The molecule has 1 unspecified atom stereocenters. The number of rotatable bonds is 9. The molecule has 0 saturated carbocycles. The molecule has 1 aliphatic rings. The van der Waals surface area contributed by atoms with Crippen molar-refractivity contribution < 1.29 is 19.4 Å². The fourth-order valence-electron chi connectivity index (χ4n) is 4.30. The first-order valence-electron chi connectivity index (χ1n) is 11.9. The first kappa shape index (κ1) is 26.7. The van der Waals surface area contributed by atoms with Crippen LogP contribution in [0.5, 0.6) is 5.75 Å². The average molecular weight is 539 g/mol. The number of hydrogen-bond donors (Lipinski definition) is 1. The predicted molar refractivity (Wildman–Crippen MR) is 146 cm³/mol. The minimum atomic E-state index is -0.786. The van der Waals surface area contributed by atoms with Crippen molar-refractivity contribution in [3.8, 4) is 5.75 Å². The van der Waals surface area contributed by atoms with Crippen LogP contribution >= 0.6 is 23.2 Å². The topological polar surface area (TPSA) is 70.1 Å². The maximum absolute atomic E-state index is 13.2. The third-order valence-corrected chi connectivity index (χ3v) is 6.92. The van der Waals surface area contributed by atoms with Crippen LogP contribution in [0.15, 0.2) is 78.4 Å². The van der Waals surface area contributed by atoms with Crippen molar-refractivity contribution in [2.24, 2.45) is 0 Å². The molecule has 0 spiro atoms. The molecule has 1 atom stereocenters. The Morgan fingerprint density at radius 3 is 2.32 bits per heavy atom. The Bertz CT molecular complexity index is 1310. The van der Waals surface area contributed by atoms with Gasteiger partial charge < -0.3 is 19.6 Å². The molecule has 6 nitrogen and oxygen atoms in total. The van der Waals surface area contributed by atoms with Crippen molar-refractivity contribution in [1.82, 2.24) is 9.80 Å². The van der Waals surface area contributed by atoms with E-state index in [9.17, 15) is 14.7 Å². The highest BCUT2D eigenvalue weighted by molar-refractivity contribution is 6.46. The van der Waals surface area contributed by atoms with Crippen molar-refractivity contribution in [3.63, 3.8) is 0 Å². The van der Waals surface area contributed by atoms with E-state index >= 15 is 0 Å². The van der Waals surface area contributed by atoms with Gasteiger partial charge in [-0.15, -0.1) is 0 Å². The zero-order chi connectivity index (χ0) is 26.5. The SMILES string of the molecule is CN(C)CCCN1C(=O)C(=O)/C(=C(/O)c2ccc(OCc3ccccc3)cc2)C1c1ccc(Cl)c(Cl)c1. The monoisotopic (exact) mass is 538 g/mol. The molecule has 1 amide bonds. The number of hydrogen-bond acceptors (Lipinski definition) is 5. The van der Waals surface area contributed by atoms with E-state index in [0.717, 1.165) is 12.1 Å². The summed E-state index contributed by atoms with van der Waals surface area (Å²) in [6.45, 7) is 1.49. The van der Waals surface area contributed by atoms with Crippen LogP contribution in [0.1, 0.15) is 29.2 Å². The number of nitrogens with zero attached hydrogens (tertiary/aromatic N) is 2. The lowest BCUT2D eigenvalue weighted by Gasteiger charge is -2.26. The van der Waals surface area contributed by atoms with Gasteiger partial charge in [-0.1, -0.05) is 59.6 Å². The van der Waals surface area contributed by atoms with Crippen molar-refractivity contribution in [1.29, 1.82) is 0 Å². The number of benzene rings is 3. The summed E-state index contributed by atoms with van der Waals surface area (Å²) in [4.78, 5) is 29.8. The van der Waals surface area contributed by atoms with Gasteiger partial charge in [0, 0.05) is 12.1 Å². The molecule has 0 bridgehead atoms. The second kappa shape index (κ2) is 11.8. The number of ether oxygens (including phenoxy) is 1. The number of aliphatic hydroxyl groups excluding tert-OH is 1. The van der Waals surface area contributed by atoms with Crippen molar-refractivity contribution in [2.45, 2.75) is 19.1 Å². The number of carbonyl (C=O) groups is 2. The van der Waals surface area contributed by atoms with Gasteiger partial charge in [0.2, 0.25) is 0 Å². The summed E-state index contributed by atoms with van der Waals surface area (Å²) in [5.74, 6) is -1.02. The number of aliphatic hydroxyl groups is 1. The van der Waals surface area contributed by atoms with Gasteiger partial charge in [0.15, 0.2) is 0 Å². The minimum absolute atomic E-state index is 0.0196. The quantitative estimate of drug-likeness (QED) is 0.207. The van der Waals surface area contributed by atoms with E-state index in [4.69, 9.17) is 27.9 Å². The van der Waals surface area contributed by atoms with Gasteiger partial charge in [-0.3, -0.25) is 9.59 Å². The zero-order valence-electron chi connectivity index (χ0n) is 20.7. The van der Waals surface area contributed by atoms with Crippen molar-refractivity contribution in [3.05, 3.63) is 105 Å². The minimum Gasteiger partial charge on any atom is -0.507 e. The van der Waals surface area contributed by atoms with E-state index in [1.165, 1.54) is 4.90 Å². The van der Waals surface area contributed by atoms with E-state index in [1.807, 2.05) is 49.3 Å². The van der Waals surface area contributed by atoms with Crippen LogP contribution < -0.4 is 4.74 Å². The molecule has 1 aliphatic heterocycles.